The smallest absolute Gasteiger partial charge is 0.416 e. The molecule has 0 fully saturated rings. The van der Waals surface area contributed by atoms with Gasteiger partial charge < -0.3 is 15.4 Å². The van der Waals surface area contributed by atoms with Gasteiger partial charge in [-0.15, -0.1) is 0 Å². The van der Waals surface area contributed by atoms with E-state index in [1.165, 1.54) is 12.1 Å². The van der Waals surface area contributed by atoms with Crippen LogP contribution in [0.4, 0.5) is 24.5 Å². The van der Waals surface area contributed by atoms with Crippen molar-refractivity contribution in [1.82, 2.24) is 0 Å². The number of halogens is 3. The van der Waals surface area contributed by atoms with Gasteiger partial charge in [0.2, 0.25) is 0 Å². The van der Waals surface area contributed by atoms with Crippen LogP contribution in [0.25, 0.3) is 0 Å². The van der Waals surface area contributed by atoms with Gasteiger partial charge in [-0.3, -0.25) is 0 Å². The topological polar surface area (TPSA) is 38.5 Å². The number of benzene rings is 2. The number of ether oxygens (including phenoxy) is 1. The van der Waals surface area contributed by atoms with E-state index in [4.69, 9.17) is 10.5 Å². The SMILES string of the molecule is CN(c1ccc(C(F)(F)F)cc1)c1ccc2c(c1)OCC[C@H]2CN. The highest BCUT2D eigenvalue weighted by molar-refractivity contribution is 5.65. The Balaban J connectivity index is 1.86. The van der Waals surface area contributed by atoms with Gasteiger partial charge in [0, 0.05) is 30.4 Å². The number of rotatable bonds is 3. The van der Waals surface area contributed by atoms with E-state index in [-0.39, 0.29) is 0 Å². The molecule has 2 aromatic carbocycles. The summed E-state index contributed by atoms with van der Waals surface area (Å²) in [4.78, 5) is 1.83. The first kappa shape index (κ1) is 16.6. The van der Waals surface area contributed by atoms with Crippen LogP contribution in [-0.4, -0.2) is 20.2 Å². The number of nitrogens with zero attached hydrogens (tertiary/aromatic N) is 1. The molecule has 0 bridgehead atoms. The van der Waals surface area contributed by atoms with Gasteiger partial charge >= 0.3 is 6.18 Å². The largest absolute Gasteiger partial charge is 0.493 e. The van der Waals surface area contributed by atoms with E-state index in [0.717, 1.165) is 35.6 Å². The van der Waals surface area contributed by atoms with Crippen LogP contribution in [0.2, 0.25) is 0 Å². The maximum Gasteiger partial charge on any atom is 0.416 e. The lowest BCUT2D eigenvalue weighted by Crippen LogP contribution is -2.21. The molecule has 1 heterocycles. The first-order valence-corrected chi connectivity index (χ1v) is 7.78. The van der Waals surface area contributed by atoms with Gasteiger partial charge in [-0.05, 0) is 48.9 Å². The van der Waals surface area contributed by atoms with Crippen molar-refractivity contribution in [3.8, 4) is 5.75 Å². The molecule has 0 saturated carbocycles. The van der Waals surface area contributed by atoms with Crippen molar-refractivity contribution in [3.05, 3.63) is 53.6 Å². The Hall–Kier alpha value is -2.21. The van der Waals surface area contributed by atoms with Crippen LogP contribution in [0.15, 0.2) is 42.5 Å². The van der Waals surface area contributed by atoms with E-state index in [0.29, 0.717) is 24.8 Å². The number of nitrogens with two attached hydrogens (primary N) is 1. The van der Waals surface area contributed by atoms with Crippen LogP contribution in [0.5, 0.6) is 5.75 Å². The number of fused-ring (bicyclic) bond motifs is 1. The van der Waals surface area contributed by atoms with Gasteiger partial charge in [0.15, 0.2) is 0 Å². The minimum absolute atomic E-state index is 0.291. The molecule has 0 aliphatic carbocycles. The van der Waals surface area contributed by atoms with Crippen molar-refractivity contribution in [3.63, 3.8) is 0 Å². The van der Waals surface area contributed by atoms with Gasteiger partial charge in [0.05, 0.1) is 12.2 Å². The lowest BCUT2D eigenvalue weighted by Gasteiger charge is -2.27. The van der Waals surface area contributed by atoms with E-state index >= 15 is 0 Å². The first-order valence-electron chi connectivity index (χ1n) is 7.78. The average Bonchev–Trinajstić information content (AvgIpc) is 2.59. The fourth-order valence-electron chi connectivity index (χ4n) is 2.93. The second-order valence-electron chi connectivity index (χ2n) is 5.90. The summed E-state index contributed by atoms with van der Waals surface area (Å²) in [6.07, 6.45) is -3.43. The molecule has 1 aliphatic heterocycles. The maximum atomic E-state index is 12.7. The molecular formula is C18H19F3N2O. The lowest BCUT2D eigenvalue weighted by atomic mass is 9.93. The van der Waals surface area contributed by atoms with Crippen molar-refractivity contribution in [2.24, 2.45) is 5.73 Å². The van der Waals surface area contributed by atoms with Gasteiger partial charge in [-0.1, -0.05) is 6.07 Å². The Bertz CT molecular complexity index is 713. The summed E-state index contributed by atoms with van der Waals surface area (Å²) in [5.41, 5.74) is 7.76. The van der Waals surface area contributed by atoms with E-state index in [1.807, 2.05) is 30.1 Å². The fraction of sp³-hybridized carbons (Fsp3) is 0.333. The predicted molar refractivity (Wildman–Crippen MR) is 87.9 cm³/mol. The zero-order valence-corrected chi connectivity index (χ0v) is 13.3. The van der Waals surface area contributed by atoms with Crippen LogP contribution in [0.3, 0.4) is 0 Å². The highest BCUT2D eigenvalue weighted by Gasteiger charge is 2.30. The van der Waals surface area contributed by atoms with Crippen molar-refractivity contribution >= 4 is 11.4 Å². The Kier molecular flexibility index (Phi) is 4.41. The third-order valence-corrected chi connectivity index (χ3v) is 4.41. The first-order chi connectivity index (χ1) is 11.4. The lowest BCUT2D eigenvalue weighted by molar-refractivity contribution is -0.137. The molecule has 6 heteroatoms. The molecule has 2 aromatic rings. The second kappa shape index (κ2) is 6.36. The Morgan fingerprint density at radius 1 is 1.12 bits per heavy atom. The summed E-state index contributed by atoms with van der Waals surface area (Å²) in [5.74, 6) is 1.09. The van der Waals surface area contributed by atoms with Gasteiger partial charge in [0.1, 0.15) is 5.75 Å². The summed E-state index contributed by atoms with van der Waals surface area (Å²) in [7, 11) is 1.81. The van der Waals surface area contributed by atoms with Gasteiger partial charge in [-0.2, -0.15) is 13.2 Å². The molecule has 128 valence electrons. The quantitative estimate of drug-likeness (QED) is 0.908. The minimum Gasteiger partial charge on any atom is -0.493 e. The monoisotopic (exact) mass is 336 g/mol. The third-order valence-electron chi connectivity index (χ3n) is 4.41. The molecule has 0 radical (unpaired) electrons. The van der Waals surface area contributed by atoms with Crippen molar-refractivity contribution in [2.45, 2.75) is 18.5 Å². The van der Waals surface area contributed by atoms with E-state index in [9.17, 15) is 13.2 Å². The van der Waals surface area contributed by atoms with Crippen LogP contribution < -0.4 is 15.4 Å². The molecular weight excluding hydrogens is 317 g/mol. The molecule has 24 heavy (non-hydrogen) atoms. The summed E-state index contributed by atoms with van der Waals surface area (Å²) < 4.78 is 43.7. The summed E-state index contributed by atoms with van der Waals surface area (Å²) >= 11 is 0. The third kappa shape index (κ3) is 3.19. The number of hydrogen-bond acceptors (Lipinski definition) is 3. The molecule has 3 nitrogen and oxygen atoms in total. The summed E-state index contributed by atoms with van der Waals surface area (Å²) in [6, 6.07) is 10.9. The minimum atomic E-state index is -4.33. The second-order valence-corrected chi connectivity index (χ2v) is 5.90. The molecule has 2 N–H and O–H groups in total. The average molecular weight is 336 g/mol. The van der Waals surface area contributed by atoms with Crippen LogP contribution >= 0.6 is 0 Å². The Labute approximate surface area is 138 Å². The van der Waals surface area contributed by atoms with Crippen molar-refractivity contribution in [1.29, 1.82) is 0 Å². The normalized spacial score (nSPS) is 17.1. The molecule has 1 aliphatic rings. The molecule has 1 atom stereocenters. The van der Waals surface area contributed by atoms with Gasteiger partial charge in [0.25, 0.3) is 0 Å². The number of alkyl halides is 3. The number of hydrogen-bond donors (Lipinski definition) is 1. The van der Waals surface area contributed by atoms with E-state index in [1.54, 1.807) is 0 Å². The predicted octanol–water partition coefficient (Wildman–Crippen LogP) is 4.30. The van der Waals surface area contributed by atoms with Crippen LogP contribution in [0, 0.1) is 0 Å². The van der Waals surface area contributed by atoms with E-state index < -0.39 is 11.7 Å². The van der Waals surface area contributed by atoms with Crippen molar-refractivity contribution in [2.75, 3.05) is 25.1 Å². The molecule has 0 saturated heterocycles. The Morgan fingerprint density at radius 2 is 1.79 bits per heavy atom. The molecule has 0 unspecified atom stereocenters. The van der Waals surface area contributed by atoms with Gasteiger partial charge in [-0.25, -0.2) is 0 Å². The fourth-order valence-corrected chi connectivity index (χ4v) is 2.93. The summed E-state index contributed by atoms with van der Waals surface area (Å²) in [5, 5.41) is 0. The Morgan fingerprint density at radius 3 is 2.42 bits per heavy atom. The highest BCUT2D eigenvalue weighted by Crippen LogP contribution is 2.37. The van der Waals surface area contributed by atoms with Crippen LogP contribution in [-0.2, 0) is 6.18 Å². The molecule has 0 amide bonds. The maximum absolute atomic E-state index is 12.7. The van der Waals surface area contributed by atoms with Crippen molar-refractivity contribution < 1.29 is 17.9 Å². The highest BCUT2D eigenvalue weighted by atomic mass is 19.4. The summed E-state index contributed by atoms with van der Waals surface area (Å²) in [6.45, 7) is 1.20. The zero-order chi connectivity index (χ0) is 17.3. The zero-order valence-electron chi connectivity index (χ0n) is 13.3. The van der Waals surface area contributed by atoms with E-state index in [2.05, 4.69) is 0 Å². The molecule has 0 aromatic heterocycles. The number of anilines is 2. The molecule has 3 rings (SSSR count). The standard InChI is InChI=1S/C18H19F3N2O/c1-23(14-4-2-13(3-5-14)18(19,20)21)15-6-7-16-12(11-22)8-9-24-17(16)10-15/h2-7,10,12H,8-9,11,22H2,1H3/t12-/m0/s1. The molecule has 0 spiro atoms. The van der Waals surface area contributed by atoms with Crippen LogP contribution in [0.1, 0.15) is 23.5 Å².